The molecule has 2 aliphatic carbocycles. The Labute approximate surface area is 378 Å². The summed E-state index contributed by atoms with van der Waals surface area (Å²) in [6, 6.07) is 17.4. The molecular weight excluding hydrogens is 852 g/mol. The van der Waals surface area contributed by atoms with Crippen molar-refractivity contribution in [2.45, 2.75) is 110 Å². The van der Waals surface area contributed by atoms with Gasteiger partial charge in [-0.25, -0.2) is 17.8 Å². The Bertz CT molecular complexity index is 2800. The van der Waals surface area contributed by atoms with Crippen LogP contribution in [0.25, 0.3) is 33.5 Å². The number of carbonyl (C=O) groups excluding carboxylic acids is 4. The molecule has 3 aliphatic rings. The fourth-order valence-corrected chi connectivity index (χ4v) is 10.3. The number of halogens is 1. The molecule has 8 rings (SSSR count). The lowest BCUT2D eigenvalue weighted by atomic mass is 9.76. The van der Waals surface area contributed by atoms with E-state index in [2.05, 4.69) is 11.3 Å². The summed E-state index contributed by atoms with van der Waals surface area (Å²) < 4.78 is 61.5. The molecule has 1 N–H and O–H groups in total. The molecule has 2 amide bonds. The van der Waals surface area contributed by atoms with Crippen LogP contribution >= 0.6 is 0 Å². The number of likely N-dealkylation sites (tertiary alicyclic amines) is 1. The highest BCUT2D eigenvalue weighted by atomic mass is 32.2. The van der Waals surface area contributed by atoms with E-state index in [0.717, 1.165) is 5.56 Å². The Morgan fingerprint density at radius 3 is 2.35 bits per heavy atom. The van der Waals surface area contributed by atoms with Crippen molar-refractivity contribution in [2.24, 2.45) is 22.7 Å². The molecule has 5 aromatic rings. The lowest BCUT2D eigenvalue weighted by Crippen LogP contribution is -2.48. The molecule has 15 heteroatoms. The summed E-state index contributed by atoms with van der Waals surface area (Å²) in [7, 11) is -3.91. The zero-order chi connectivity index (χ0) is 46.6. The highest BCUT2D eigenvalue weighted by Crippen LogP contribution is 2.57. The molecule has 2 aromatic heterocycles. The molecule has 0 bridgehead atoms. The van der Waals surface area contributed by atoms with Gasteiger partial charge in [-0.2, -0.15) is 4.98 Å². The van der Waals surface area contributed by atoms with Gasteiger partial charge in [-0.05, 0) is 98.9 Å². The second-order valence-electron chi connectivity index (χ2n) is 19.1. The van der Waals surface area contributed by atoms with Crippen LogP contribution in [0, 0.1) is 28.5 Å². The molecule has 1 saturated heterocycles. The van der Waals surface area contributed by atoms with Crippen LogP contribution in [0.3, 0.4) is 0 Å². The van der Waals surface area contributed by atoms with Crippen LogP contribution in [0.15, 0.2) is 83.8 Å². The first kappa shape index (κ1) is 45.6. The van der Waals surface area contributed by atoms with Crippen molar-refractivity contribution in [2.75, 3.05) is 6.54 Å². The van der Waals surface area contributed by atoms with E-state index in [4.69, 9.17) is 23.9 Å². The van der Waals surface area contributed by atoms with Crippen LogP contribution in [0.5, 0.6) is 11.6 Å². The van der Waals surface area contributed by atoms with E-state index in [-0.39, 0.29) is 60.9 Å². The normalized spacial score (nSPS) is 21.4. The van der Waals surface area contributed by atoms with Gasteiger partial charge in [-0.15, -0.1) is 6.58 Å². The third-order valence-corrected chi connectivity index (χ3v) is 14.7. The van der Waals surface area contributed by atoms with Crippen LogP contribution in [0.1, 0.15) is 96.0 Å². The van der Waals surface area contributed by atoms with Gasteiger partial charge in [0.25, 0.3) is 5.88 Å². The SMILES string of the molecule is C=C[C@@H]1C[C@]1(CC(=O)[C@@H]1C[C@@H](Oc2nc(-c3ccc(OC(C)C)cc3)nc3c2oc2ccc(F)cc23)CN1C(=O)[C@@H](Cc1ccc(C(=O)CC)cc1)C(C)(C)C)C(=O)NS(=O)(=O)C1CC1. The van der Waals surface area contributed by atoms with Crippen molar-refractivity contribution >= 4 is 55.5 Å². The average molecular weight is 907 g/mol. The van der Waals surface area contributed by atoms with Crippen molar-refractivity contribution < 1.29 is 45.9 Å². The number of sulfonamides is 1. The molecule has 3 fully saturated rings. The minimum atomic E-state index is -3.91. The maximum atomic E-state index is 15.1. The van der Waals surface area contributed by atoms with Crippen molar-refractivity contribution in [3.63, 3.8) is 0 Å². The average Bonchev–Trinajstić information content (AvgIpc) is 4.17. The number of allylic oxidation sites excluding steroid dienone is 1. The molecule has 13 nitrogen and oxygen atoms in total. The van der Waals surface area contributed by atoms with E-state index in [9.17, 15) is 27.2 Å². The van der Waals surface area contributed by atoms with Gasteiger partial charge in [0.05, 0.1) is 29.4 Å². The van der Waals surface area contributed by atoms with Gasteiger partial charge < -0.3 is 18.8 Å². The number of ketones is 2. The summed E-state index contributed by atoms with van der Waals surface area (Å²) in [6.07, 6.45) is 2.21. The molecule has 5 atom stereocenters. The number of ether oxygens (including phenoxy) is 2. The van der Waals surface area contributed by atoms with Gasteiger partial charge in [0.15, 0.2) is 17.4 Å². The fraction of sp³-hybridized carbons (Fsp3) is 0.440. The number of benzene rings is 3. The molecule has 65 heavy (non-hydrogen) atoms. The quantitative estimate of drug-likeness (QED) is 0.0699. The Morgan fingerprint density at radius 2 is 1.74 bits per heavy atom. The van der Waals surface area contributed by atoms with E-state index < -0.39 is 67.6 Å². The summed E-state index contributed by atoms with van der Waals surface area (Å²) >= 11 is 0. The second-order valence-corrected chi connectivity index (χ2v) is 21.0. The first-order chi connectivity index (χ1) is 30.8. The number of Topliss-reactive ketones (excluding diaryl/α,β-unsaturated/α-hetero) is 2. The van der Waals surface area contributed by atoms with Crippen LogP contribution < -0.4 is 14.2 Å². The van der Waals surface area contributed by atoms with Gasteiger partial charge in [0.2, 0.25) is 27.4 Å². The van der Waals surface area contributed by atoms with E-state index in [0.29, 0.717) is 59.0 Å². The Hall–Kier alpha value is -5.96. The summed E-state index contributed by atoms with van der Waals surface area (Å²) in [5.41, 5.74) is 0.888. The number of hydrogen-bond acceptors (Lipinski definition) is 11. The smallest absolute Gasteiger partial charge is 0.262 e. The first-order valence-corrected chi connectivity index (χ1v) is 23.8. The Balaban J connectivity index is 1.15. The van der Waals surface area contributed by atoms with Gasteiger partial charge in [-0.1, -0.05) is 58.0 Å². The summed E-state index contributed by atoms with van der Waals surface area (Å²) in [5.74, 6) is -2.11. The molecule has 3 aromatic carbocycles. The molecular formula is C50H55FN4O9S. The molecule has 0 unspecified atom stereocenters. The Kier molecular flexibility index (Phi) is 12.2. The van der Waals surface area contributed by atoms with Crippen LogP contribution in [-0.2, 0) is 30.8 Å². The number of fused-ring (bicyclic) bond motifs is 3. The molecule has 342 valence electrons. The standard InChI is InChI=1S/C50H55FN4O9S/c1-8-32-25-50(32,48(59)54-65(60,61)36-19-20-36)26-41(57)39-24-35(27-55(39)47(58)38(49(5,6)7)22-29-10-12-30(13-11-29)40(56)9-2)63-46-44-43(37-23-33(51)16-21-42(37)64-44)52-45(53-46)31-14-17-34(18-15-31)62-28(3)4/h8,10-18,21,23,28,32,35-36,38-39H,1,9,19-20,22,24-27H2,2-7H3,(H,54,59)/t32-,35-,38-,39+,50-/m1/s1. The Morgan fingerprint density at radius 1 is 1.03 bits per heavy atom. The number of nitrogens with one attached hydrogen (secondary N) is 1. The number of carbonyl (C=O) groups is 4. The van der Waals surface area contributed by atoms with Crippen molar-refractivity contribution in [1.82, 2.24) is 19.6 Å². The molecule has 2 saturated carbocycles. The molecule has 0 spiro atoms. The lowest BCUT2D eigenvalue weighted by molar-refractivity contribution is -0.144. The minimum Gasteiger partial charge on any atom is -0.491 e. The minimum absolute atomic E-state index is 0.00690. The monoisotopic (exact) mass is 906 g/mol. The van der Waals surface area contributed by atoms with Gasteiger partial charge in [-0.3, -0.25) is 23.9 Å². The predicted octanol–water partition coefficient (Wildman–Crippen LogP) is 8.58. The van der Waals surface area contributed by atoms with Crippen molar-refractivity contribution in [3.05, 3.63) is 96.3 Å². The lowest BCUT2D eigenvalue weighted by Gasteiger charge is -2.35. The zero-order valence-electron chi connectivity index (χ0n) is 37.6. The fourth-order valence-electron chi connectivity index (χ4n) is 8.88. The van der Waals surface area contributed by atoms with Crippen molar-refractivity contribution in [3.8, 4) is 23.0 Å². The maximum Gasteiger partial charge on any atom is 0.262 e. The predicted molar refractivity (Wildman–Crippen MR) is 243 cm³/mol. The number of hydrogen-bond donors (Lipinski definition) is 1. The van der Waals surface area contributed by atoms with E-state index in [1.165, 1.54) is 23.1 Å². The van der Waals surface area contributed by atoms with Crippen LogP contribution in [0.4, 0.5) is 4.39 Å². The third kappa shape index (κ3) is 9.43. The zero-order valence-corrected chi connectivity index (χ0v) is 38.4. The molecule has 1 aliphatic heterocycles. The number of nitrogens with zero attached hydrogens (tertiary/aromatic N) is 3. The summed E-state index contributed by atoms with van der Waals surface area (Å²) in [4.78, 5) is 67.3. The highest BCUT2D eigenvalue weighted by Gasteiger charge is 2.61. The van der Waals surface area contributed by atoms with Crippen molar-refractivity contribution in [1.29, 1.82) is 0 Å². The second kappa shape index (κ2) is 17.4. The van der Waals surface area contributed by atoms with E-state index >= 15 is 4.79 Å². The number of rotatable bonds is 17. The van der Waals surface area contributed by atoms with E-state index in [1.807, 2.05) is 46.8 Å². The number of aromatic nitrogens is 2. The number of amides is 2. The van der Waals surface area contributed by atoms with Gasteiger partial charge >= 0.3 is 0 Å². The maximum absolute atomic E-state index is 15.1. The van der Waals surface area contributed by atoms with Crippen LogP contribution in [-0.4, -0.2) is 76.7 Å². The van der Waals surface area contributed by atoms with E-state index in [1.54, 1.807) is 49.4 Å². The molecule has 0 radical (unpaired) electrons. The summed E-state index contributed by atoms with van der Waals surface area (Å²) in [5, 5.41) is -0.241. The third-order valence-electron chi connectivity index (χ3n) is 12.9. The van der Waals surface area contributed by atoms with Crippen LogP contribution in [0.2, 0.25) is 0 Å². The molecule has 3 heterocycles. The number of furan rings is 1. The van der Waals surface area contributed by atoms with Gasteiger partial charge in [0, 0.05) is 41.7 Å². The highest BCUT2D eigenvalue weighted by molar-refractivity contribution is 7.90. The van der Waals surface area contributed by atoms with Gasteiger partial charge in [0.1, 0.15) is 28.8 Å². The summed E-state index contributed by atoms with van der Waals surface area (Å²) in [6.45, 7) is 15.3. The topological polar surface area (TPSA) is 175 Å². The largest absolute Gasteiger partial charge is 0.491 e. The first-order valence-electron chi connectivity index (χ1n) is 22.3.